The van der Waals surface area contributed by atoms with Crippen molar-refractivity contribution in [3.05, 3.63) is 29.8 Å². The average Bonchev–Trinajstić information content (AvgIpc) is 2.37. The van der Waals surface area contributed by atoms with E-state index in [9.17, 15) is 14.7 Å². The summed E-state index contributed by atoms with van der Waals surface area (Å²) in [5.41, 5.74) is 1.17. The third-order valence-electron chi connectivity index (χ3n) is 2.68. The smallest absolute Gasteiger partial charge is 0.328 e. The van der Waals surface area contributed by atoms with Crippen LogP contribution in [0.15, 0.2) is 29.2 Å². The number of carboxylic acid groups (broad SMARTS) is 1. The summed E-state index contributed by atoms with van der Waals surface area (Å²) in [4.78, 5) is 23.5. The van der Waals surface area contributed by atoms with Gasteiger partial charge < -0.3 is 15.5 Å². The van der Waals surface area contributed by atoms with E-state index in [0.29, 0.717) is 5.75 Å². The molecule has 2 atom stereocenters. The minimum absolute atomic E-state index is 0.203. The summed E-state index contributed by atoms with van der Waals surface area (Å²) in [7, 11) is 0. The molecular weight excluding hydrogens is 278 g/mol. The highest BCUT2D eigenvalue weighted by molar-refractivity contribution is 7.99. The number of carbonyl (C=O) groups excluding carboxylic acids is 1. The second kappa shape index (κ2) is 7.91. The zero-order chi connectivity index (χ0) is 15.1. The zero-order valence-electron chi connectivity index (χ0n) is 11.5. The van der Waals surface area contributed by atoms with Gasteiger partial charge in [0.1, 0.15) is 0 Å². The van der Waals surface area contributed by atoms with Crippen LogP contribution >= 0.6 is 11.8 Å². The van der Waals surface area contributed by atoms with Gasteiger partial charge in [0.25, 0.3) is 0 Å². The minimum Gasteiger partial charge on any atom is -0.480 e. The highest BCUT2D eigenvalue weighted by Gasteiger charge is 2.24. The van der Waals surface area contributed by atoms with Crippen LogP contribution in [0.5, 0.6) is 0 Å². The third-order valence-corrected chi connectivity index (χ3v) is 3.70. The van der Waals surface area contributed by atoms with E-state index in [-0.39, 0.29) is 12.3 Å². The molecule has 1 rings (SSSR count). The maximum atomic E-state index is 11.6. The van der Waals surface area contributed by atoms with Gasteiger partial charge >= 0.3 is 5.97 Å². The molecule has 6 heteroatoms. The standard InChI is InChI=1S/C14H19NO4S/c1-9-3-5-11(6-4-9)20-8-7-12(17)15-13(10(2)16)14(18)19/h3-6,10,13,16H,7-8H2,1-2H3,(H,15,17)(H,18,19)/t10-,13+/m1/s1. The molecule has 0 aliphatic rings. The topological polar surface area (TPSA) is 86.6 Å². The maximum absolute atomic E-state index is 11.6. The van der Waals surface area contributed by atoms with Crippen molar-refractivity contribution in [2.24, 2.45) is 0 Å². The molecule has 0 spiro atoms. The van der Waals surface area contributed by atoms with Crippen molar-refractivity contribution in [1.29, 1.82) is 0 Å². The molecule has 5 nitrogen and oxygen atoms in total. The quantitative estimate of drug-likeness (QED) is 0.663. The molecule has 3 N–H and O–H groups in total. The Labute approximate surface area is 122 Å². The van der Waals surface area contributed by atoms with Gasteiger partial charge in [0, 0.05) is 17.1 Å². The molecule has 0 aliphatic carbocycles. The number of nitrogens with one attached hydrogen (secondary N) is 1. The fourth-order valence-corrected chi connectivity index (χ4v) is 2.38. The highest BCUT2D eigenvalue weighted by Crippen LogP contribution is 2.18. The van der Waals surface area contributed by atoms with E-state index in [1.54, 1.807) is 0 Å². The third kappa shape index (κ3) is 5.63. The average molecular weight is 297 g/mol. The van der Waals surface area contributed by atoms with Gasteiger partial charge in [0.05, 0.1) is 6.10 Å². The van der Waals surface area contributed by atoms with Gasteiger partial charge in [-0.15, -0.1) is 11.8 Å². The summed E-state index contributed by atoms with van der Waals surface area (Å²) in [5, 5.41) is 20.4. The largest absolute Gasteiger partial charge is 0.480 e. The lowest BCUT2D eigenvalue weighted by Crippen LogP contribution is -2.47. The first-order valence-electron chi connectivity index (χ1n) is 6.30. The lowest BCUT2D eigenvalue weighted by atomic mass is 10.2. The second-order valence-corrected chi connectivity index (χ2v) is 5.70. The number of thioether (sulfide) groups is 1. The molecule has 110 valence electrons. The molecule has 1 aromatic rings. The molecule has 0 unspecified atom stereocenters. The van der Waals surface area contributed by atoms with Crippen molar-refractivity contribution in [3.63, 3.8) is 0 Å². The van der Waals surface area contributed by atoms with Crippen LogP contribution in [-0.4, -0.2) is 40.0 Å². The van der Waals surface area contributed by atoms with E-state index in [0.717, 1.165) is 4.90 Å². The van der Waals surface area contributed by atoms with Crippen LogP contribution in [0.1, 0.15) is 18.9 Å². The fraction of sp³-hybridized carbons (Fsp3) is 0.429. The monoisotopic (exact) mass is 297 g/mol. The van der Waals surface area contributed by atoms with Crippen LogP contribution in [0.2, 0.25) is 0 Å². The van der Waals surface area contributed by atoms with Gasteiger partial charge in [-0.2, -0.15) is 0 Å². The van der Waals surface area contributed by atoms with Crippen LogP contribution in [-0.2, 0) is 9.59 Å². The Bertz CT molecular complexity index is 459. The number of aliphatic carboxylic acids is 1. The maximum Gasteiger partial charge on any atom is 0.328 e. The van der Waals surface area contributed by atoms with Gasteiger partial charge in [0.15, 0.2) is 6.04 Å². The molecule has 1 aromatic carbocycles. The molecule has 0 fully saturated rings. The van der Waals surface area contributed by atoms with Crippen molar-refractivity contribution in [2.75, 3.05) is 5.75 Å². The number of benzene rings is 1. The van der Waals surface area contributed by atoms with E-state index in [4.69, 9.17) is 5.11 Å². The lowest BCUT2D eigenvalue weighted by molar-refractivity contribution is -0.144. The van der Waals surface area contributed by atoms with Crippen LogP contribution in [0.3, 0.4) is 0 Å². The predicted octanol–water partition coefficient (Wildman–Crippen LogP) is 1.43. The van der Waals surface area contributed by atoms with Crippen LogP contribution in [0, 0.1) is 6.92 Å². The Morgan fingerprint density at radius 2 is 1.90 bits per heavy atom. The molecule has 0 radical (unpaired) electrons. The molecule has 0 saturated heterocycles. The van der Waals surface area contributed by atoms with Crippen molar-refractivity contribution < 1.29 is 19.8 Å². The van der Waals surface area contributed by atoms with E-state index < -0.39 is 18.1 Å². The molecule has 0 heterocycles. The SMILES string of the molecule is Cc1ccc(SCCC(=O)N[C@H](C(=O)O)[C@@H](C)O)cc1. The van der Waals surface area contributed by atoms with Crippen molar-refractivity contribution in [3.8, 4) is 0 Å². The van der Waals surface area contributed by atoms with E-state index in [1.165, 1.54) is 24.2 Å². The Morgan fingerprint density at radius 1 is 1.30 bits per heavy atom. The van der Waals surface area contributed by atoms with Crippen molar-refractivity contribution >= 4 is 23.6 Å². The van der Waals surface area contributed by atoms with Crippen LogP contribution < -0.4 is 5.32 Å². The summed E-state index contributed by atoms with van der Waals surface area (Å²) in [5.74, 6) is -1.06. The summed E-state index contributed by atoms with van der Waals surface area (Å²) in [6.07, 6.45) is -0.920. The first kappa shape index (κ1) is 16.5. The summed E-state index contributed by atoms with van der Waals surface area (Å²) >= 11 is 1.53. The zero-order valence-corrected chi connectivity index (χ0v) is 12.3. The van der Waals surface area contributed by atoms with Gasteiger partial charge in [-0.05, 0) is 26.0 Å². The molecule has 0 bridgehead atoms. The first-order valence-corrected chi connectivity index (χ1v) is 7.28. The normalized spacial score (nSPS) is 13.6. The summed E-state index contributed by atoms with van der Waals surface area (Å²) < 4.78 is 0. The highest BCUT2D eigenvalue weighted by atomic mass is 32.2. The lowest BCUT2D eigenvalue weighted by Gasteiger charge is -2.16. The molecule has 20 heavy (non-hydrogen) atoms. The van der Waals surface area contributed by atoms with Crippen molar-refractivity contribution in [2.45, 2.75) is 37.3 Å². The number of aliphatic hydroxyl groups excluding tert-OH is 1. The molecule has 1 amide bonds. The van der Waals surface area contributed by atoms with E-state index in [1.807, 2.05) is 31.2 Å². The Kier molecular flexibility index (Phi) is 6.54. The number of aryl methyl sites for hydroxylation is 1. The molecule has 0 aromatic heterocycles. The molecular formula is C14H19NO4S. The van der Waals surface area contributed by atoms with E-state index >= 15 is 0 Å². The Morgan fingerprint density at radius 3 is 2.40 bits per heavy atom. The minimum atomic E-state index is -1.26. The Balaban J connectivity index is 2.36. The number of carbonyl (C=O) groups is 2. The predicted molar refractivity (Wildman–Crippen MR) is 77.8 cm³/mol. The molecule has 0 saturated carbocycles. The van der Waals surface area contributed by atoms with Gasteiger partial charge in [-0.1, -0.05) is 17.7 Å². The van der Waals surface area contributed by atoms with Gasteiger partial charge in [-0.3, -0.25) is 4.79 Å². The molecule has 0 aliphatic heterocycles. The first-order chi connectivity index (χ1) is 9.40. The van der Waals surface area contributed by atoms with Crippen LogP contribution in [0.4, 0.5) is 0 Å². The van der Waals surface area contributed by atoms with E-state index in [2.05, 4.69) is 5.32 Å². The number of carboxylic acids is 1. The number of rotatable bonds is 7. The van der Waals surface area contributed by atoms with Gasteiger partial charge in [-0.25, -0.2) is 4.79 Å². The van der Waals surface area contributed by atoms with Gasteiger partial charge in [0.2, 0.25) is 5.91 Å². The second-order valence-electron chi connectivity index (χ2n) is 4.54. The Hall–Kier alpha value is -1.53. The summed E-state index contributed by atoms with van der Waals surface area (Å²) in [6, 6.07) is 6.69. The van der Waals surface area contributed by atoms with Crippen molar-refractivity contribution in [1.82, 2.24) is 5.32 Å². The number of hydrogen-bond donors (Lipinski definition) is 3. The number of aliphatic hydroxyl groups is 1. The number of amides is 1. The fourth-order valence-electron chi connectivity index (χ4n) is 1.53. The van der Waals surface area contributed by atoms with Crippen LogP contribution in [0.25, 0.3) is 0 Å². The number of hydrogen-bond acceptors (Lipinski definition) is 4. The summed E-state index contributed by atoms with van der Waals surface area (Å²) in [6.45, 7) is 3.34.